The molecule has 2 aromatic carbocycles. The monoisotopic (exact) mass is 258 g/mol. The van der Waals surface area contributed by atoms with Gasteiger partial charge in [-0.05, 0) is 35.2 Å². The van der Waals surface area contributed by atoms with Crippen LogP contribution in [0.1, 0.15) is 42.2 Å². The van der Waals surface area contributed by atoms with Gasteiger partial charge in [0.1, 0.15) is 11.9 Å². The Hall–Kier alpha value is -1.84. The van der Waals surface area contributed by atoms with Crippen molar-refractivity contribution in [3.63, 3.8) is 0 Å². The number of hydrogen-bond donors (Lipinski definition) is 3. The van der Waals surface area contributed by atoms with E-state index in [-0.39, 0.29) is 5.75 Å². The number of benzene rings is 2. The lowest BCUT2D eigenvalue weighted by Gasteiger charge is -2.13. The van der Waals surface area contributed by atoms with Crippen molar-refractivity contribution in [2.75, 3.05) is 0 Å². The maximum atomic E-state index is 10.2. The van der Waals surface area contributed by atoms with E-state index in [1.165, 1.54) is 0 Å². The van der Waals surface area contributed by atoms with Crippen LogP contribution in [0.3, 0.4) is 0 Å². The molecule has 0 saturated carbocycles. The molecule has 19 heavy (non-hydrogen) atoms. The number of aromatic hydroxyl groups is 1. The van der Waals surface area contributed by atoms with E-state index < -0.39 is 12.2 Å². The van der Waals surface area contributed by atoms with Crippen molar-refractivity contribution in [2.45, 2.75) is 25.6 Å². The van der Waals surface area contributed by atoms with Crippen LogP contribution in [0.4, 0.5) is 0 Å². The summed E-state index contributed by atoms with van der Waals surface area (Å²) in [6.45, 7) is 1.92. The number of phenolic OH excluding ortho intramolecular Hbond substituents is 1. The molecule has 0 heterocycles. The van der Waals surface area contributed by atoms with E-state index in [1.807, 2.05) is 31.2 Å². The highest BCUT2D eigenvalue weighted by Gasteiger charge is 2.11. The molecular formula is C16H18O3. The minimum absolute atomic E-state index is 0.178. The first-order chi connectivity index (χ1) is 9.11. The van der Waals surface area contributed by atoms with Gasteiger partial charge in [0, 0.05) is 0 Å². The Bertz CT molecular complexity index is 517. The third-order valence-electron chi connectivity index (χ3n) is 3.23. The second-order valence-electron chi connectivity index (χ2n) is 4.58. The molecule has 2 rings (SSSR count). The van der Waals surface area contributed by atoms with Gasteiger partial charge in [-0.2, -0.15) is 0 Å². The first-order valence-corrected chi connectivity index (χ1v) is 6.36. The first-order valence-electron chi connectivity index (χ1n) is 6.36. The summed E-state index contributed by atoms with van der Waals surface area (Å²) in [6, 6.07) is 13.8. The molecular weight excluding hydrogens is 240 g/mol. The van der Waals surface area contributed by atoms with Crippen LogP contribution < -0.4 is 0 Å². The van der Waals surface area contributed by atoms with Crippen molar-refractivity contribution in [1.29, 1.82) is 0 Å². The van der Waals surface area contributed by atoms with Gasteiger partial charge in [-0.3, -0.25) is 0 Å². The van der Waals surface area contributed by atoms with Crippen LogP contribution >= 0.6 is 0 Å². The quantitative estimate of drug-likeness (QED) is 0.790. The summed E-state index contributed by atoms with van der Waals surface area (Å²) in [5.41, 5.74) is 2.34. The third-order valence-corrected chi connectivity index (χ3v) is 3.23. The Labute approximate surface area is 112 Å². The zero-order chi connectivity index (χ0) is 13.8. The molecule has 0 aromatic heterocycles. The Kier molecular flexibility index (Phi) is 4.20. The molecule has 0 saturated heterocycles. The van der Waals surface area contributed by atoms with E-state index in [0.29, 0.717) is 6.42 Å². The van der Waals surface area contributed by atoms with Gasteiger partial charge in [0.25, 0.3) is 0 Å². The summed E-state index contributed by atoms with van der Waals surface area (Å²) in [4.78, 5) is 0. The predicted molar refractivity (Wildman–Crippen MR) is 73.9 cm³/mol. The lowest BCUT2D eigenvalue weighted by atomic mass is 9.98. The standard InChI is InChI=1S/C16H18O3/c1-2-15(18)11-3-5-12(6-4-11)16(19)13-7-9-14(17)10-8-13/h3-10,15-19H,2H2,1H3. The molecule has 2 aromatic rings. The van der Waals surface area contributed by atoms with Gasteiger partial charge in [-0.1, -0.05) is 43.3 Å². The summed E-state index contributed by atoms with van der Waals surface area (Å²) in [6.07, 6.45) is -0.520. The van der Waals surface area contributed by atoms with E-state index >= 15 is 0 Å². The molecule has 3 nitrogen and oxygen atoms in total. The summed E-state index contributed by atoms with van der Waals surface area (Å²) >= 11 is 0. The Morgan fingerprint density at radius 2 is 1.21 bits per heavy atom. The first kappa shape index (κ1) is 13.6. The van der Waals surface area contributed by atoms with Gasteiger partial charge in [0.2, 0.25) is 0 Å². The van der Waals surface area contributed by atoms with Gasteiger partial charge in [-0.15, -0.1) is 0 Å². The van der Waals surface area contributed by atoms with Crippen molar-refractivity contribution in [2.24, 2.45) is 0 Å². The summed E-state index contributed by atoms with van der Waals surface area (Å²) in [7, 11) is 0. The number of aliphatic hydroxyl groups excluding tert-OH is 2. The van der Waals surface area contributed by atoms with E-state index in [2.05, 4.69) is 0 Å². The lowest BCUT2D eigenvalue weighted by molar-refractivity contribution is 0.173. The zero-order valence-corrected chi connectivity index (χ0v) is 10.8. The summed E-state index contributed by atoms with van der Waals surface area (Å²) < 4.78 is 0. The van der Waals surface area contributed by atoms with Gasteiger partial charge in [0.15, 0.2) is 0 Å². The molecule has 0 fully saturated rings. The molecule has 0 bridgehead atoms. The van der Waals surface area contributed by atoms with Crippen molar-refractivity contribution in [3.8, 4) is 5.75 Å². The van der Waals surface area contributed by atoms with Gasteiger partial charge in [-0.25, -0.2) is 0 Å². The molecule has 0 spiro atoms. The van der Waals surface area contributed by atoms with Crippen molar-refractivity contribution in [3.05, 3.63) is 65.2 Å². The molecule has 0 aliphatic heterocycles. The molecule has 100 valence electrons. The second-order valence-corrected chi connectivity index (χ2v) is 4.58. The smallest absolute Gasteiger partial charge is 0.115 e. The molecule has 0 radical (unpaired) electrons. The second kappa shape index (κ2) is 5.87. The molecule has 2 atom stereocenters. The number of phenols is 1. The largest absolute Gasteiger partial charge is 0.508 e. The minimum atomic E-state index is -0.728. The molecule has 0 aliphatic rings. The van der Waals surface area contributed by atoms with E-state index in [9.17, 15) is 15.3 Å². The normalized spacial score (nSPS) is 14.1. The van der Waals surface area contributed by atoms with Crippen LogP contribution in [0.2, 0.25) is 0 Å². The van der Waals surface area contributed by atoms with E-state index in [0.717, 1.165) is 16.7 Å². The van der Waals surface area contributed by atoms with Crippen molar-refractivity contribution >= 4 is 0 Å². The molecule has 3 heteroatoms. The fraction of sp³-hybridized carbons (Fsp3) is 0.250. The average Bonchev–Trinajstić information content (AvgIpc) is 2.46. The van der Waals surface area contributed by atoms with E-state index in [1.54, 1.807) is 24.3 Å². The van der Waals surface area contributed by atoms with Gasteiger partial charge >= 0.3 is 0 Å². The highest BCUT2D eigenvalue weighted by molar-refractivity contribution is 5.35. The maximum Gasteiger partial charge on any atom is 0.115 e. The third kappa shape index (κ3) is 3.13. The lowest BCUT2D eigenvalue weighted by Crippen LogP contribution is -2.01. The van der Waals surface area contributed by atoms with Crippen LogP contribution in [0, 0.1) is 0 Å². The van der Waals surface area contributed by atoms with Crippen molar-refractivity contribution < 1.29 is 15.3 Å². The van der Waals surface area contributed by atoms with Gasteiger partial charge < -0.3 is 15.3 Å². The average molecular weight is 258 g/mol. The Morgan fingerprint density at radius 1 is 0.789 bits per heavy atom. The van der Waals surface area contributed by atoms with Crippen LogP contribution in [-0.2, 0) is 0 Å². The van der Waals surface area contributed by atoms with Crippen LogP contribution in [0.25, 0.3) is 0 Å². The SMILES string of the molecule is CCC(O)c1ccc(C(O)c2ccc(O)cc2)cc1. The molecule has 2 unspecified atom stereocenters. The topological polar surface area (TPSA) is 60.7 Å². The summed E-state index contributed by atoms with van der Waals surface area (Å²) in [5, 5.41) is 29.2. The minimum Gasteiger partial charge on any atom is -0.508 e. The van der Waals surface area contributed by atoms with Crippen LogP contribution in [0.15, 0.2) is 48.5 Å². The van der Waals surface area contributed by atoms with Crippen LogP contribution in [-0.4, -0.2) is 15.3 Å². The van der Waals surface area contributed by atoms with E-state index in [4.69, 9.17) is 0 Å². The highest BCUT2D eigenvalue weighted by atomic mass is 16.3. The number of hydrogen-bond acceptors (Lipinski definition) is 3. The fourth-order valence-corrected chi connectivity index (χ4v) is 1.99. The molecule has 0 aliphatic carbocycles. The van der Waals surface area contributed by atoms with Gasteiger partial charge in [0.05, 0.1) is 6.10 Å². The Balaban J connectivity index is 2.19. The zero-order valence-electron chi connectivity index (χ0n) is 10.8. The summed E-state index contributed by atoms with van der Waals surface area (Å²) in [5.74, 6) is 0.178. The van der Waals surface area contributed by atoms with Crippen LogP contribution in [0.5, 0.6) is 5.75 Å². The predicted octanol–water partition coefficient (Wildman–Crippen LogP) is 2.92. The van der Waals surface area contributed by atoms with Crippen molar-refractivity contribution in [1.82, 2.24) is 0 Å². The maximum absolute atomic E-state index is 10.2. The number of aliphatic hydroxyl groups is 2. The number of rotatable bonds is 4. The molecule has 3 N–H and O–H groups in total. The fourth-order valence-electron chi connectivity index (χ4n) is 1.99. The molecule has 0 amide bonds. The highest BCUT2D eigenvalue weighted by Crippen LogP contribution is 2.25. The Morgan fingerprint density at radius 3 is 1.68 bits per heavy atom.